The number of alkyl halides is 3. The van der Waals surface area contributed by atoms with Gasteiger partial charge in [-0.15, -0.1) is 0 Å². The topological polar surface area (TPSA) is 12.9 Å². The standard InChI is InChI=1S/C30H20F3N/c31-30(32,33)28-8-4-7-27(20-28)23-12-10-21(11-13-23)25-5-3-6-26(19-25)22-14-16-24(17-15-22)29-9-1-2-18-34-29/h1-20H. The van der Waals surface area contributed by atoms with Crippen LogP contribution in [-0.4, -0.2) is 4.98 Å². The van der Waals surface area contributed by atoms with Crippen LogP contribution in [0.4, 0.5) is 13.2 Å². The SMILES string of the molecule is FC(F)(F)c1cccc(-c2ccc(-c3cccc(-c4ccc(-c5ccccn5)cc4)c3)cc2)c1. The molecule has 0 aliphatic carbocycles. The highest BCUT2D eigenvalue weighted by atomic mass is 19.4. The second-order valence-corrected chi connectivity index (χ2v) is 8.03. The fraction of sp³-hybridized carbons (Fsp3) is 0.0333. The molecule has 0 aliphatic heterocycles. The first kappa shape index (κ1) is 21.7. The summed E-state index contributed by atoms with van der Waals surface area (Å²) in [6.07, 6.45) is -2.57. The summed E-state index contributed by atoms with van der Waals surface area (Å²) in [5.74, 6) is 0. The van der Waals surface area contributed by atoms with E-state index < -0.39 is 11.7 Å². The van der Waals surface area contributed by atoms with Gasteiger partial charge in [0.1, 0.15) is 0 Å². The maximum absolute atomic E-state index is 13.1. The van der Waals surface area contributed by atoms with Gasteiger partial charge in [0.2, 0.25) is 0 Å². The Kier molecular flexibility index (Phi) is 5.72. The van der Waals surface area contributed by atoms with Crippen molar-refractivity contribution >= 4 is 0 Å². The predicted molar refractivity (Wildman–Crippen MR) is 131 cm³/mol. The van der Waals surface area contributed by atoms with Gasteiger partial charge >= 0.3 is 6.18 Å². The minimum Gasteiger partial charge on any atom is -0.256 e. The van der Waals surface area contributed by atoms with Crippen molar-refractivity contribution in [2.75, 3.05) is 0 Å². The van der Waals surface area contributed by atoms with Gasteiger partial charge in [-0.1, -0.05) is 84.9 Å². The van der Waals surface area contributed by atoms with Crippen LogP contribution in [0.5, 0.6) is 0 Å². The molecule has 1 aromatic heterocycles. The Morgan fingerprint density at radius 3 is 1.44 bits per heavy atom. The number of benzene rings is 4. The molecule has 0 saturated carbocycles. The average molecular weight is 451 g/mol. The van der Waals surface area contributed by atoms with Gasteiger partial charge in [-0.25, -0.2) is 0 Å². The van der Waals surface area contributed by atoms with Gasteiger partial charge in [-0.2, -0.15) is 13.2 Å². The van der Waals surface area contributed by atoms with Crippen molar-refractivity contribution in [2.45, 2.75) is 6.18 Å². The Morgan fingerprint density at radius 2 is 0.941 bits per heavy atom. The Bertz CT molecular complexity index is 1400. The van der Waals surface area contributed by atoms with E-state index in [4.69, 9.17) is 0 Å². The molecule has 0 amide bonds. The van der Waals surface area contributed by atoms with Crippen molar-refractivity contribution in [1.82, 2.24) is 4.98 Å². The van der Waals surface area contributed by atoms with Gasteiger partial charge in [-0.3, -0.25) is 4.98 Å². The summed E-state index contributed by atoms with van der Waals surface area (Å²) < 4.78 is 39.2. The quantitative estimate of drug-likeness (QED) is 0.266. The molecule has 0 aliphatic rings. The fourth-order valence-corrected chi connectivity index (χ4v) is 3.98. The summed E-state index contributed by atoms with van der Waals surface area (Å²) in [6.45, 7) is 0. The highest BCUT2D eigenvalue weighted by Gasteiger charge is 2.30. The molecule has 4 aromatic carbocycles. The minimum atomic E-state index is -4.35. The van der Waals surface area contributed by atoms with Crippen LogP contribution in [0.2, 0.25) is 0 Å². The highest BCUT2D eigenvalue weighted by molar-refractivity contribution is 5.76. The molecule has 1 heterocycles. The number of rotatable bonds is 4. The number of hydrogen-bond donors (Lipinski definition) is 0. The van der Waals surface area contributed by atoms with E-state index in [0.717, 1.165) is 45.1 Å². The van der Waals surface area contributed by atoms with E-state index in [1.54, 1.807) is 12.3 Å². The molecule has 0 radical (unpaired) electrons. The maximum atomic E-state index is 13.1. The molecule has 0 bridgehead atoms. The van der Waals surface area contributed by atoms with Gasteiger partial charge in [0.05, 0.1) is 11.3 Å². The van der Waals surface area contributed by atoms with Gasteiger partial charge in [0.25, 0.3) is 0 Å². The summed E-state index contributed by atoms with van der Waals surface area (Å²) in [4.78, 5) is 4.40. The molecule has 4 heteroatoms. The lowest BCUT2D eigenvalue weighted by Crippen LogP contribution is -2.04. The maximum Gasteiger partial charge on any atom is 0.416 e. The lowest BCUT2D eigenvalue weighted by atomic mass is 9.96. The van der Waals surface area contributed by atoms with Crippen molar-refractivity contribution in [1.29, 1.82) is 0 Å². The predicted octanol–water partition coefficient (Wildman–Crippen LogP) is 8.77. The van der Waals surface area contributed by atoms with Crippen LogP contribution in [0, 0.1) is 0 Å². The largest absolute Gasteiger partial charge is 0.416 e. The van der Waals surface area contributed by atoms with Crippen LogP contribution in [0.3, 0.4) is 0 Å². The zero-order chi connectivity index (χ0) is 23.5. The van der Waals surface area contributed by atoms with Gasteiger partial charge in [-0.05, 0) is 63.7 Å². The third kappa shape index (κ3) is 4.62. The summed E-state index contributed by atoms with van der Waals surface area (Å²) in [7, 11) is 0. The molecule has 0 saturated heterocycles. The lowest BCUT2D eigenvalue weighted by Gasteiger charge is -2.10. The van der Waals surface area contributed by atoms with E-state index in [1.807, 2.05) is 54.6 Å². The van der Waals surface area contributed by atoms with E-state index >= 15 is 0 Å². The summed E-state index contributed by atoms with van der Waals surface area (Å²) >= 11 is 0. The molecule has 0 unspecified atom stereocenters. The van der Waals surface area contributed by atoms with Crippen molar-refractivity contribution in [3.63, 3.8) is 0 Å². The number of aromatic nitrogens is 1. The van der Waals surface area contributed by atoms with E-state index in [1.165, 1.54) is 12.1 Å². The van der Waals surface area contributed by atoms with Crippen molar-refractivity contribution in [3.8, 4) is 44.6 Å². The molecule has 5 aromatic rings. The second-order valence-electron chi connectivity index (χ2n) is 8.03. The van der Waals surface area contributed by atoms with Gasteiger partial charge < -0.3 is 0 Å². The smallest absolute Gasteiger partial charge is 0.256 e. The molecular weight excluding hydrogens is 431 g/mol. The molecule has 0 fully saturated rings. The summed E-state index contributed by atoms with van der Waals surface area (Å²) in [5, 5.41) is 0. The van der Waals surface area contributed by atoms with E-state index in [2.05, 4.69) is 41.4 Å². The van der Waals surface area contributed by atoms with Crippen LogP contribution < -0.4 is 0 Å². The lowest BCUT2D eigenvalue weighted by molar-refractivity contribution is -0.137. The summed E-state index contributed by atoms with van der Waals surface area (Å²) in [5.41, 5.74) is 6.88. The third-order valence-corrected chi connectivity index (χ3v) is 5.78. The Hall–Kier alpha value is -4.18. The minimum absolute atomic E-state index is 0.545. The number of nitrogens with zero attached hydrogens (tertiary/aromatic N) is 1. The van der Waals surface area contributed by atoms with Crippen LogP contribution in [0.15, 0.2) is 121 Å². The molecule has 166 valence electrons. The summed E-state index contributed by atoms with van der Waals surface area (Å²) in [6, 6.07) is 35.4. The van der Waals surface area contributed by atoms with Crippen LogP contribution in [0.25, 0.3) is 44.6 Å². The molecular formula is C30H20F3N. The number of halogens is 3. The van der Waals surface area contributed by atoms with Gasteiger partial charge in [0, 0.05) is 11.8 Å². The first-order valence-electron chi connectivity index (χ1n) is 10.9. The van der Waals surface area contributed by atoms with E-state index in [-0.39, 0.29) is 0 Å². The Labute approximate surface area is 196 Å². The molecule has 0 N–H and O–H groups in total. The monoisotopic (exact) mass is 451 g/mol. The zero-order valence-electron chi connectivity index (χ0n) is 18.1. The van der Waals surface area contributed by atoms with Crippen molar-refractivity contribution in [3.05, 3.63) is 127 Å². The van der Waals surface area contributed by atoms with Crippen LogP contribution >= 0.6 is 0 Å². The molecule has 0 spiro atoms. The van der Waals surface area contributed by atoms with Crippen LogP contribution in [-0.2, 0) is 6.18 Å². The molecule has 1 nitrogen and oxygen atoms in total. The Balaban J connectivity index is 1.40. The highest BCUT2D eigenvalue weighted by Crippen LogP contribution is 2.33. The van der Waals surface area contributed by atoms with Crippen molar-refractivity contribution in [2.24, 2.45) is 0 Å². The molecule has 34 heavy (non-hydrogen) atoms. The molecule has 5 rings (SSSR count). The normalized spacial score (nSPS) is 11.4. The first-order chi connectivity index (χ1) is 16.5. The van der Waals surface area contributed by atoms with Gasteiger partial charge in [0.15, 0.2) is 0 Å². The zero-order valence-corrected chi connectivity index (χ0v) is 18.1. The van der Waals surface area contributed by atoms with E-state index in [9.17, 15) is 13.2 Å². The number of pyridine rings is 1. The third-order valence-electron chi connectivity index (χ3n) is 5.78. The van der Waals surface area contributed by atoms with Crippen molar-refractivity contribution < 1.29 is 13.2 Å². The molecule has 0 atom stereocenters. The average Bonchev–Trinajstić information content (AvgIpc) is 2.89. The van der Waals surface area contributed by atoms with Crippen LogP contribution in [0.1, 0.15) is 5.56 Å². The first-order valence-corrected chi connectivity index (χ1v) is 10.9. The van der Waals surface area contributed by atoms with E-state index in [0.29, 0.717) is 5.56 Å². The fourth-order valence-electron chi connectivity index (χ4n) is 3.98. The second kappa shape index (κ2) is 8.99. The number of hydrogen-bond acceptors (Lipinski definition) is 1. The Morgan fingerprint density at radius 1 is 0.441 bits per heavy atom.